The number of alkyl halides is 3. The fourth-order valence-electron chi connectivity index (χ4n) is 2.34. The number of nitrogens with two attached hydrogens (primary N) is 1. The van der Waals surface area contributed by atoms with Crippen LogP contribution in [0.2, 0.25) is 0 Å². The molecule has 0 saturated carbocycles. The third-order valence-electron chi connectivity index (χ3n) is 3.79. The maximum absolute atomic E-state index is 12.4. The smallest absolute Gasteiger partial charge is 0.405 e. The van der Waals surface area contributed by atoms with Crippen molar-refractivity contribution in [2.45, 2.75) is 25.9 Å². The van der Waals surface area contributed by atoms with Gasteiger partial charge in [0.2, 0.25) is 5.91 Å². The zero-order valence-electron chi connectivity index (χ0n) is 13.6. The lowest BCUT2D eigenvalue weighted by molar-refractivity contribution is -0.274. The van der Waals surface area contributed by atoms with Crippen molar-refractivity contribution in [3.05, 3.63) is 65.7 Å². The summed E-state index contributed by atoms with van der Waals surface area (Å²) in [6.45, 7) is 1.59. The molecule has 2 atom stereocenters. The number of ether oxygens (including phenoxy) is 1. The first-order valence-corrected chi connectivity index (χ1v) is 7.70. The second-order valence-electron chi connectivity index (χ2n) is 5.60. The van der Waals surface area contributed by atoms with Crippen molar-refractivity contribution in [3.8, 4) is 5.75 Å². The van der Waals surface area contributed by atoms with E-state index in [0.29, 0.717) is 0 Å². The Morgan fingerprint density at radius 2 is 1.72 bits per heavy atom. The van der Waals surface area contributed by atoms with Crippen LogP contribution in [0, 0.1) is 5.92 Å². The number of amides is 1. The van der Waals surface area contributed by atoms with Crippen LogP contribution in [0.4, 0.5) is 13.2 Å². The van der Waals surface area contributed by atoms with Crippen LogP contribution in [0.3, 0.4) is 0 Å². The van der Waals surface area contributed by atoms with Crippen LogP contribution in [-0.4, -0.2) is 12.3 Å². The van der Waals surface area contributed by atoms with Crippen molar-refractivity contribution in [3.63, 3.8) is 0 Å². The lowest BCUT2D eigenvalue weighted by Gasteiger charge is -2.20. The lowest BCUT2D eigenvalue weighted by Crippen LogP contribution is -2.35. The van der Waals surface area contributed by atoms with E-state index in [1.807, 2.05) is 30.3 Å². The highest BCUT2D eigenvalue weighted by Crippen LogP contribution is 2.26. The Labute approximate surface area is 143 Å². The van der Waals surface area contributed by atoms with E-state index in [9.17, 15) is 18.0 Å². The highest BCUT2D eigenvalue weighted by Gasteiger charge is 2.32. The lowest BCUT2D eigenvalue weighted by atomic mass is 9.94. The molecule has 2 rings (SSSR count). The van der Waals surface area contributed by atoms with E-state index in [4.69, 9.17) is 5.73 Å². The molecular weight excluding hydrogens is 333 g/mol. The molecule has 0 bridgehead atoms. The van der Waals surface area contributed by atoms with E-state index < -0.39 is 18.3 Å². The topological polar surface area (TPSA) is 64.3 Å². The van der Waals surface area contributed by atoms with Crippen molar-refractivity contribution in [1.29, 1.82) is 0 Å². The third kappa shape index (κ3) is 5.49. The molecule has 4 nitrogen and oxygen atoms in total. The molecule has 0 aliphatic heterocycles. The predicted molar refractivity (Wildman–Crippen MR) is 87.5 cm³/mol. The van der Waals surface area contributed by atoms with Crippen molar-refractivity contribution in [2.75, 3.05) is 0 Å². The standard InChI is InChI=1S/C18H19F3N2O2/c1-12(16(22)13-7-3-2-4-8-13)17(24)23-11-14-9-5-6-10-15(14)25-18(19,20)21/h2-10,12,16H,11,22H2,1H3,(H,23,24). The second kappa shape index (κ2) is 8.02. The molecule has 0 spiro atoms. The zero-order valence-corrected chi connectivity index (χ0v) is 13.6. The predicted octanol–water partition coefficient (Wildman–Crippen LogP) is 3.54. The number of benzene rings is 2. The Kier molecular flexibility index (Phi) is 6.03. The van der Waals surface area contributed by atoms with Gasteiger partial charge in [-0.3, -0.25) is 4.79 Å². The van der Waals surface area contributed by atoms with Gasteiger partial charge >= 0.3 is 6.36 Å². The molecule has 7 heteroatoms. The van der Waals surface area contributed by atoms with Crippen molar-refractivity contribution in [2.24, 2.45) is 11.7 Å². The van der Waals surface area contributed by atoms with Gasteiger partial charge in [-0.2, -0.15) is 0 Å². The Balaban J connectivity index is 2.00. The van der Waals surface area contributed by atoms with Gasteiger partial charge in [-0.05, 0) is 11.6 Å². The minimum atomic E-state index is -4.79. The fourth-order valence-corrected chi connectivity index (χ4v) is 2.34. The highest BCUT2D eigenvalue weighted by molar-refractivity contribution is 5.79. The van der Waals surface area contributed by atoms with E-state index >= 15 is 0 Å². The summed E-state index contributed by atoms with van der Waals surface area (Å²) in [6.07, 6.45) is -4.79. The van der Waals surface area contributed by atoms with Crippen LogP contribution in [0.1, 0.15) is 24.1 Å². The SMILES string of the molecule is CC(C(=O)NCc1ccccc1OC(F)(F)F)C(N)c1ccccc1. The quantitative estimate of drug-likeness (QED) is 0.836. The third-order valence-corrected chi connectivity index (χ3v) is 3.79. The molecular formula is C18H19F3N2O2. The number of halogens is 3. The first kappa shape index (κ1) is 18.8. The van der Waals surface area contributed by atoms with Crippen LogP contribution in [0.15, 0.2) is 54.6 Å². The normalized spacial score (nSPS) is 13.8. The summed E-state index contributed by atoms with van der Waals surface area (Å²) < 4.78 is 41.2. The Hall–Kier alpha value is -2.54. The summed E-state index contributed by atoms with van der Waals surface area (Å²) in [4.78, 5) is 12.3. The fraction of sp³-hybridized carbons (Fsp3) is 0.278. The molecule has 1 amide bonds. The number of para-hydroxylation sites is 1. The van der Waals surface area contributed by atoms with E-state index in [1.54, 1.807) is 13.0 Å². The molecule has 3 N–H and O–H groups in total. The van der Waals surface area contributed by atoms with Crippen LogP contribution in [0.25, 0.3) is 0 Å². The van der Waals surface area contributed by atoms with Gasteiger partial charge in [0.1, 0.15) is 5.75 Å². The molecule has 134 valence electrons. The van der Waals surface area contributed by atoms with Gasteiger partial charge in [0, 0.05) is 18.2 Å². The zero-order chi connectivity index (χ0) is 18.4. The summed E-state index contributed by atoms with van der Waals surface area (Å²) in [5.41, 5.74) is 7.13. The summed E-state index contributed by atoms with van der Waals surface area (Å²) in [7, 11) is 0. The van der Waals surface area contributed by atoms with Crippen molar-refractivity contribution < 1.29 is 22.7 Å². The van der Waals surface area contributed by atoms with Gasteiger partial charge in [0.15, 0.2) is 0 Å². The molecule has 0 aliphatic rings. The minimum Gasteiger partial charge on any atom is -0.405 e. The van der Waals surface area contributed by atoms with Gasteiger partial charge in [-0.15, -0.1) is 13.2 Å². The number of carbonyl (C=O) groups excluding carboxylic acids is 1. The van der Waals surface area contributed by atoms with Crippen LogP contribution < -0.4 is 15.8 Å². The monoisotopic (exact) mass is 352 g/mol. The number of carbonyl (C=O) groups is 1. The summed E-state index contributed by atoms with van der Waals surface area (Å²) in [6, 6.07) is 14.3. The first-order valence-electron chi connectivity index (χ1n) is 7.70. The van der Waals surface area contributed by atoms with Gasteiger partial charge in [0.25, 0.3) is 0 Å². The first-order chi connectivity index (χ1) is 11.8. The number of hydrogen-bond acceptors (Lipinski definition) is 3. The maximum Gasteiger partial charge on any atom is 0.573 e. The maximum atomic E-state index is 12.4. The van der Waals surface area contributed by atoms with Crippen LogP contribution in [0.5, 0.6) is 5.75 Å². The average Bonchev–Trinajstić information content (AvgIpc) is 2.59. The van der Waals surface area contributed by atoms with Gasteiger partial charge in [-0.25, -0.2) is 0 Å². The van der Waals surface area contributed by atoms with E-state index in [1.165, 1.54) is 18.2 Å². The van der Waals surface area contributed by atoms with E-state index in [2.05, 4.69) is 10.1 Å². The number of nitrogens with one attached hydrogen (secondary N) is 1. The van der Waals surface area contributed by atoms with Gasteiger partial charge in [-0.1, -0.05) is 55.5 Å². The molecule has 0 aliphatic carbocycles. The van der Waals surface area contributed by atoms with Crippen LogP contribution >= 0.6 is 0 Å². The molecule has 2 aromatic carbocycles. The average molecular weight is 352 g/mol. The molecule has 0 radical (unpaired) electrons. The molecule has 2 unspecified atom stereocenters. The molecule has 0 aromatic heterocycles. The summed E-state index contributed by atoms with van der Waals surface area (Å²) >= 11 is 0. The Morgan fingerprint density at radius 1 is 1.12 bits per heavy atom. The van der Waals surface area contributed by atoms with E-state index in [-0.39, 0.29) is 23.8 Å². The summed E-state index contributed by atoms with van der Waals surface area (Å²) in [5.74, 6) is -1.23. The number of hydrogen-bond donors (Lipinski definition) is 2. The molecule has 0 saturated heterocycles. The Bertz CT molecular complexity index is 705. The number of rotatable bonds is 6. The van der Waals surface area contributed by atoms with Crippen molar-refractivity contribution in [1.82, 2.24) is 5.32 Å². The van der Waals surface area contributed by atoms with E-state index in [0.717, 1.165) is 5.56 Å². The molecule has 0 fully saturated rings. The van der Waals surface area contributed by atoms with Gasteiger partial charge < -0.3 is 15.8 Å². The molecule has 0 heterocycles. The van der Waals surface area contributed by atoms with Crippen LogP contribution in [-0.2, 0) is 11.3 Å². The van der Waals surface area contributed by atoms with Gasteiger partial charge in [0.05, 0.1) is 5.92 Å². The largest absolute Gasteiger partial charge is 0.573 e. The molecule has 25 heavy (non-hydrogen) atoms. The minimum absolute atomic E-state index is 0.0864. The Morgan fingerprint density at radius 3 is 2.36 bits per heavy atom. The second-order valence-corrected chi connectivity index (χ2v) is 5.60. The molecule has 2 aromatic rings. The summed E-state index contributed by atoms with van der Waals surface area (Å²) in [5, 5.41) is 2.61. The highest BCUT2D eigenvalue weighted by atomic mass is 19.4. The van der Waals surface area contributed by atoms with Crippen molar-refractivity contribution >= 4 is 5.91 Å².